The highest BCUT2D eigenvalue weighted by Gasteiger charge is 2.41. The van der Waals surface area contributed by atoms with Crippen LogP contribution in [0.5, 0.6) is 0 Å². The third kappa shape index (κ3) is 6.21. The fraction of sp³-hybridized carbons (Fsp3) is 0.312. The number of hydrogen-bond acceptors (Lipinski definition) is 1. The molecule has 0 atom stereocenters. The van der Waals surface area contributed by atoms with E-state index < -0.39 is 34.3 Å². The summed E-state index contributed by atoms with van der Waals surface area (Å²) in [5.74, 6) is 0. The minimum absolute atomic E-state index is 0.432. The minimum atomic E-state index is -4.46. The van der Waals surface area contributed by atoms with Gasteiger partial charge in [0, 0.05) is 29.3 Å². The van der Waals surface area contributed by atoms with Crippen LogP contribution >= 0.6 is 0 Å². The van der Waals surface area contributed by atoms with Crippen LogP contribution in [0.15, 0.2) is 96.8 Å². The van der Waals surface area contributed by atoms with Crippen molar-refractivity contribution in [1.29, 1.82) is 0 Å². The second-order valence-corrected chi connectivity index (χ2v) is 10.7. The first-order valence-electron chi connectivity index (χ1n) is 12.6. The highest BCUT2D eigenvalue weighted by atomic mass is 19.4. The number of allylic oxidation sites excluding steroid dienone is 9. The van der Waals surface area contributed by atoms with Crippen LogP contribution in [0.4, 0.5) is 37.7 Å². The van der Waals surface area contributed by atoms with Crippen LogP contribution in [-0.2, 0) is 23.2 Å². The van der Waals surface area contributed by atoms with Crippen molar-refractivity contribution >= 4 is 11.4 Å². The van der Waals surface area contributed by atoms with Gasteiger partial charge in [0.05, 0.1) is 11.1 Å². The molecule has 1 aliphatic rings. The maximum absolute atomic E-state index is 13.3. The number of likely N-dealkylation sites (N-methyl/N-ethyl adjacent to an activating group) is 1. The van der Waals surface area contributed by atoms with E-state index >= 15 is 0 Å². The molecule has 0 saturated heterocycles. The molecular formula is C32H33F6N2-. The van der Waals surface area contributed by atoms with E-state index in [0.29, 0.717) is 22.4 Å². The average Bonchev–Trinajstić information content (AvgIpc) is 3.06. The SMILES string of the molecule is C=C(/C=C/C=C/C=C/C=C1/N(C)c2ccc(C(F)(F)F)cc2C1(C)C)C(C)(C)c1cc(C(F)(F)F)ccc1[N-]C. The van der Waals surface area contributed by atoms with Gasteiger partial charge in [-0.05, 0) is 41.5 Å². The molecule has 0 unspecified atom stereocenters. The summed E-state index contributed by atoms with van der Waals surface area (Å²) < 4.78 is 79.6. The molecule has 0 N–H and O–H groups in total. The summed E-state index contributed by atoms with van der Waals surface area (Å²) in [5, 5.41) is 4.13. The summed E-state index contributed by atoms with van der Waals surface area (Å²) in [6, 6.07) is 7.32. The maximum atomic E-state index is 13.3. The van der Waals surface area contributed by atoms with Crippen molar-refractivity contribution < 1.29 is 26.3 Å². The van der Waals surface area contributed by atoms with E-state index in [1.165, 1.54) is 25.2 Å². The first-order chi connectivity index (χ1) is 18.4. The molecule has 1 heterocycles. The number of fused-ring (bicyclic) bond motifs is 1. The Morgan fingerprint density at radius 2 is 1.40 bits per heavy atom. The molecule has 2 aromatic rings. The minimum Gasteiger partial charge on any atom is -0.687 e. The monoisotopic (exact) mass is 559 g/mol. The molecule has 1 aliphatic heterocycles. The maximum Gasteiger partial charge on any atom is 0.416 e. The quantitative estimate of drug-likeness (QED) is 0.244. The number of rotatable bonds is 7. The second-order valence-electron chi connectivity index (χ2n) is 10.7. The lowest BCUT2D eigenvalue weighted by Gasteiger charge is -2.34. The second kappa shape index (κ2) is 11.1. The predicted molar refractivity (Wildman–Crippen MR) is 151 cm³/mol. The fourth-order valence-electron chi connectivity index (χ4n) is 4.81. The number of anilines is 1. The van der Waals surface area contributed by atoms with E-state index in [2.05, 4.69) is 11.9 Å². The molecule has 0 aliphatic carbocycles. The van der Waals surface area contributed by atoms with Crippen molar-refractivity contribution in [2.45, 2.75) is 50.9 Å². The van der Waals surface area contributed by atoms with Crippen LogP contribution in [0, 0.1) is 0 Å². The van der Waals surface area contributed by atoms with Crippen LogP contribution in [0.25, 0.3) is 5.32 Å². The number of halogens is 6. The van der Waals surface area contributed by atoms with Gasteiger partial charge in [0.2, 0.25) is 0 Å². The molecule has 214 valence electrons. The average molecular weight is 560 g/mol. The molecule has 2 nitrogen and oxygen atoms in total. The van der Waals surface area contributed by atoms with E-state index in [1.54, 1.807) is 44.2 Å². The summed E-state index contributed by atoms with van der Waals surface area (Å²) in [6.07, 6.45) is 3.63. The highest BCUT2D eigenvalue weighted by molar-refractivity contribution is 5.71. The number of benzene rings is 2. The normalized spacial score (nSPS) is 17.0. The van der Waals surface area contributed by atoms with Crippen molar-refractivity contribution in [3.8, 4) is 0 Å². The lowest BCUT2D eigenvalue weighted by molar-refractivity contribution is -0.138. The molecule has 40 heavy (non-hydrogen) atoms. The Balaban J connectivity index is 1.73. The topological polar surface area (TPSA) is 17.3 Å². The van der Waals surface area contributed by atoms with Gasteiger partial charge in [-0.2, -0.15) is 26.3 Å². The Morgan fingerprint density at radius 3 is 2.00 bits per heavy atom. The van der Waals surface area contributed by atoms with Gasteiger partial charge < -0.3 is 10.2 Å². The molecule has 3 rings (SSSR count). The number of alkyl halides is 6. The molecule has 0 saturated carbocycles. The van der Waals surface area contributed by atoms with Crippen LogP contribution in [0.2, 0.25) is 0 Å². The third-order valence-electron chi connectivity index (χ3n) is 7.40. The molecule has 0 bridgehead atoms. The molecule has 0 aromatic heterocycles. The molecule has 0 fully saturated rings. The van der Waals surface area contributed by atoms with Crippen molar-refractivity contribution in [3.05, 3.63) is 124 Å². The lowest BCUT2D eigenvalue weighted by Crippen LogP contribution is -2.22. The van der Waals surface area contributed by atoms with E-state index in [1.807, 2.05) is 37.9 Å². The summed E-state index contributed by atoms with van der Waals surface area (Å²) in [7, 11) is 3.36. The van der Waals surface area contributed by atoms with Crippen molar-refractivity contribution in [3.63, 3.8) is 0 Å². The zero-order valence-electron chi connectivity index (χ0n) is 23.4. The van der Waals surface area contributed by atoms with E-state index in [4.69, 9.17) is 0 Å². The van der Waals surface area contributed by atoms with Crippen LogP contribution in [0.1, 0.15) is 49.9 Å². The van der Waals surface area contributed by atoms with Crippen LogP contribution in [-0.4, -0.2) is 14.1 Å². The Morgan fingerprint density at radius 1 is 0.850 bits per heavy atom. The van der Waals surface area contributed by atoms with E-state index in [9.17, 15) is 26.3 Å². The van der Waals surface area contributed by atoms with Crippen molar-refractivity contribution in [2.75, 3.05) is 19.0 Å². The molecule has 0 radical (unpaired) electrons. The molecule has 0 spiro atoms. The molecular weight excluding hydrogens is 526 g/mol. The zero-order chi connectivity index (χ0) is 30.1. The molecule has 8 heteroatoms. The third-order valence-corrected chi connectivity index (χ3v) is 7.40. The van der Waals surface area contributed by atoms with Gasteiger partial charge in [0.15, 0.2) is 0 Å². The smallest absolute Gasteiger partial charge is 0.416 e. The Kier molecular flexibility index (Phi) is 8.53. The first-order valence-corrected chi connectivity index (χ1v) is 12.6. The largest absolute Gasteiger partial charge is 0.687 e. The fourth-order valence-corrected chi connectivity index (χ4v) is 4.81. The number of hydrogen-bond donors (Lipinski definition) is 0. The summed E-state index contributed by atoms with van der Waals surface area (Å²) in [4.78, 5) is 1.89. The Bertz CT molecular complexity index is 1390. The highest BCUT2D eigenvalue weighted by Crippen LogP contribution is 2.48. The molecule has 0 amide bonds. The Labute approximate surface area is 232 Å². The summed E-state index contributed by atoms with van der Waals surface area (Å²) in [5.41, 5.74) is 0.887. The van der Waals surface area contributed by atoms with Gasteiger partial charge >= 0.3 is 12.4 Å². The van der Waals surface area contributed by atoms with Crippen LogP contribution < -0.4 is 4.90 Å². The van der Waals surface area contributed by atoms with Gasteiger partial charge in [-0.3, -0.25) is 0 Å². The van der Waals surface area contributed by atoms with Gasteiger partial charge in [-0.15, -0.1) is 12.7 Å². The van der Waals surface area contributed by atoms with E-state index in [-0.39, 0.29) is 0 Å². The van der Waals surface area contributed by atoms with E-state index in [0.717, 1.165) is 29.6 Å². The van der Waals surface area contributed by atoms with Gasteiger partial charge in [-0.25, -0.2) is 0 Å². The standard InChI is InChI=1S/C32H33F6N2/c1-21(29(2,3)24-19-22(31(33,34)35)15-17-26(24)39-6)13-11-9-8-10-12-14-28-30(4,5)25-20-23(32(36,37)38)16-18-27(25)40(28)7/h8-20H,1H2,2-7H3/q-1/b9-8+,12-10+,13-11+,28-14+. The van der Waals surface area contributed by atoms with Gasteiger partial charge in [-0.1, -0.05) is 88.4 Å². The zero-order valence-corrected chi connectivity index (χ0v) is 23.4. The molecule has 2 aromatic carbocycles. The van der Waals surface area contributed by atoms with Crippen LogP contribution in [0.3, 0.4) is 0 Å². The Hall–Kier alpha value is -3.68. The summed E-state index contributed by atoms with van der Waals surface area (Å²) in [6.45, 7) is 11.5. The van der Waals surface area contributed by atoms with Gasteiger partial charge in [0.1, 0.15) is 0 Å². The van der Waals surface area contributed by atoms with Crippen molar-refractivity contribution in [2.24, 2.45) is 0 Å². The number of nitrogens with zero attached hydrogens (tertiary/aromatic N) is 2. The van der Waals surface area contributed by atoms with Crippen molar-refractivity contribution in [1.82, 2.24) is 0 Å². The van der Waals surface area contributed by atoms with Gasteiger partial charge in [0.25, 0.3) is 0 Å². The lowest BCUT2D eigenvalue weighted by atomic mass is 9.76. The summed E-state index contributed by atoms with van der Waals surface area (Å²) >= 11 is 0. The first kappa shape index (κ1) is 30.9. The predicted octanol–water partition coefficient (Wildman–Crippen LogP) is 10.2.